The van der Waals surface area contributed by atoms with Crippen molar-refractivity contribution in [2.75, 3.05) is 10.6 Å². The van der Waals surface area contributed by atoms with Gasteiger partial charge in [0, 0.05) is 26.3 Å². The summed E-state index contributed by atoms with van der Waals surface area (Å²) in [4.78, 5) is 40.7. The van der Waals surface area contributed by atoms with Crippen LogP contribution in [0.25, 0.3) is 6.08 Å². The third kappa shape index (κ3) is 9.46. The topological polar surface area (TPSA) is 87.3 Å². The quantitative estimate of drug-likeness (QED) is 0.0988. The average molecular weight is 731 g/mol. The highest BCUT2D eigenvalue weighted by Crippen LogP contribution is 2.38. The largest absolute Gasteiger partial charge is 0.416 e. The van der Waals surface area contributed by atoms with E-state index >= 15 is 0 Å². The van der Waals surface area contributed by atoms with E-state index in [1.807, 2.05) is 12.1 Å². The SMILES string of the molecule is O=C(Nc1cccc(SC(C(=O)Nc2cccc(C(F)(F)F)c2)c2ccccc2)c1)/C(=C/c1ccc(Br)cc1)NC(=O)c1ccccc1. The molecule has 0 heterocycles. The number of carbonyl (C=O) groups excluding carboxylic acids is 3. The Morgan fingerprint density at radius 3 is 2.00 bits per heavy atom. The van der Waals surface area contributed by atoms with E-state index < -0.39 is 34.7 Å². The summed E-state index contributed by atoms with van der Waals surface area (Å²) in [6, 6.07) is 35.8. The number of anilines is 2. The van der Waals surface area contributed by atoms with E-state index in [2.05, 4.69) is 31.9 Å². The van der Waals surface area contributed by atoms with Gasteiger partial charge in [-0.25, -0.2) is 0 Å². The van der Waals surface area contributed by atoms with Crippen molar-refractivity contribution in [2.45, 2.75) is 16.3 Å². The second-order valence-electron chi connectivity index (χ2n) is 10.4. The Morgan fingerprint density at radius 2 is 1.33 bits per heavy atom. The standard InChI is InChI=1S/C37H27BrF3N3O3S/c38-28-19-17-24(18-20-28)21-32(44-34(45)26-11-5-2-6-12-26)35(46)42-30-15-8-16-31(23-30)48-33(25-9-3-1-4-10-25)36(47)43-29-14-7-13-27(22-29)37(39,40)41/h1-23,33H,(H,42,46)(H,43,47)(H,44,45)/b32-21-. The molecule has 0 saturated heterocycles. The smallest absolute Gasteiger partial charge is 0.325 e. The van der Waals surface area contributed by atoms with Gasteiger partial charge in [0.1, 0.15) is 10.9 Å². The van der Waals surface area contributed by atoms with E-state index in [9.17, 15) is 27.6 Å². The van der Waals surface area contributed by atoms with Gasteiger partial charge in [-0.05, 0) is 77.9 Å². The van der Waals surface area contributed by atoms with Crippen LogP contribution in [0.5, 0.6) is 0 Å². The van der Waals surface area contributed by atoms with Gasteiger partial charge in [-0.15, -0.1) is 11.8 Å². The fourth-order valence-corrected chi connectivity index (χ4v) is 5.88. The molecule has 1 unspecified atom stereocenters. The fourth-order valence-electron chi connectivity index (χ4n) is 4.53. The van der Waals surface area contributed by atoms with E-state index in [1.54, 1.807) is 103 Å². The van der Waals surface area contributed by atoms with Gasteiger partial charge in [0.15, 0.2) is 0 Å². The van der Waals surface area contributed by atoms with Crippen molar-refractivity contribution >= 4 is 62.9 Å². The Morgan fingerprint density at radius 1 is 0.708 bits per heavy atom. The lowest BCUT2D eigenvalue weighted by Gasteiger charge is -2.18. The second kappa shape index (κ2) is 15.6. The van der Waals surface area contributed by atoms with Gasteiger partial charge in [0.2, 0.25) is 5.91 Å². The van der Waals surface area contributed by atoms with Crippen LogP contribution in [-0.4, -0.2) is 17.7 Å². The first-order valence-corrected chi connectivity index (χ1v) is 16.2. The van der Waals surface area contributed by atoms with Crippen molar-refractivity contribution < 1.29 is 27.6 Å². The molecule has 5 rings (SSSR count). The molecule has 11 heteroatoms. The van der Waals surface area contributed by atoms with Crippen LogP contribution in [-0.2, 0) is 15.8 Å². The molecule has 3 N–H and O–H groups in total. The molecule has 0 aliphatic rings. The molecule has 242 valence electrons. The average Bonchev–Trinajstić information content (AvgIpc) is 3.08. The maximum atomic E-state index is 13.6. The van der Waals surface area contributed by atoms with Gasteiger partial charge < -0.3 is 16.0 Å². The molecule has 0 saturated carbocycles. The summed E-state index contributed by atoms with van der Waals surface area (Å²) >= 11 is 4.56. The monoisotopic (exact) mass is 729 g/mol. The lowest BCUT2D eigenvalue weighted by atomic mass is 10.1. The molecule has 5 aromatic carbocycles. The Bertz CT molecular complexity index is 1940. The Kier molecular flexibility index (Phi) is 11.1. The van der Waals surface area contributed by atoms with Crippen molar-refractivity contribution in [3.8, 4) is 0 Å². The van der Waals surface area contributed by atoms with Gasteiger partial charge in [-0.2, -0.15) is 13.2 Å². The van der Waals surface area contributed by atoms with E-state index in [0.717, 1.165) is 16.6 Å². The second-order valence-corrected chi connectivity index (χ2v) is 12.5. The van der Waals surface area contributed by atoms with Gasteiger partial charge in [0.05, 0.1) is 5.56 Å². The van der Waals surface area contributed by atoms with Crippen LogP contribution in [0.15, 0.2) is 149 Å². The molecule has 5 aromatic rings. The Labute approximate surface area is 287 Å². The predicted octanol–water partition coefficient (Wildman–Crippen LogP) is 9.35. The van der Waals surface area contributed by atoms with Crippen molar-refractivity contribution in [2.24, 2.45) is 0 Å². The summed E-state index contributed by atoms with van der Waals surface area (Å²) in [7, 11) is 0. The van der Waals surface area contributed by atoms with Crippen molar-refractivity contribution in [1.82, 2.24) is 5.32 Å². The minimum Gasteiger partial charge on any atom is -0.325 e. The maximum Gasteiger partial charge on any atom is 0.416 e. The summed E-state index contributed by atoms with van der Waals surface area (Å²) < 4.78 is 40.7. The number of halogens is 4. The highest BCUT2D eigenvalue weighted by atomic mass is 79.9. The zero-order valence-electron chi connectivity index (χ0n) is 25.0. The predicted molar refractivity (Wildman–Crippen MR) is 186 cm³/mol. The first-order chi connectivity index (χ1) is 23.0. The molecule has 3 amide bonds. The van der Waals surface area contributed by atoms with Crippen molar-refractivity contribution in [1.29, 1.82) is 0 Å². The van der Waals surface area contributed by atoms with Crippen LogP contribution in [0.1, 0.15) is 32.3 Å². The number of rotatable bonds is 10. The molecule has 0 aromatic heterocycles. The molecule has 0 aliphatic carbocycles. The molecule has 0 aliphatic heterocycles. The Balaban J connectivity index is 1.37. The minimum absolute atomic E-state index is 0.00635. The lowest BCUT2D eigenvalue weighted by Crippen LogP contribution is -2.30. The van der Waals surface area contributed by atoms with E-state index in [0.29, 0.717) is 27.3 Å². The molecule has 0 radical (unpaired) electrons. The molecule has 1 atom stereocenters. The van der Waals surface area contributed by atoms with Gasteiger partial charge in [-0.1, -0.05) is 88.7 Å². The third-order valence-corrected chi connectivity index (χ3v) is 8.63. The molecule has 6 nitrogen and oxygen atoms in total. The van der Waals surface area contributed by atoms with Crippen LogP contribution in [0, 0.1) is 0 Å². The number of benzene rings is 5. The number of nitrogens with one attached hydrogen (secondary N) is 3. The van der Waals surface area contributed by atoms with Gasteiger partial charge in [-0.3, -0.25) is 14.4 Å². The molecule has 0 bridgehead atoms. The van der Waals surface area contributed by atoms with Gasteiger partial charge >= 0.3 is 6.18 Å². The normalized spacial score (nSPS) is 12.1. The summed E-state index contributed by atoms with van der Waals surface area (Å²) in [5, 5.41) is 7.30. The highest BCUT2D eigenvalue weighted by Gasteiger charge is 2.31. The molecule has 48 heavy (non-hydrogen) atoms. The van der Waals surface area contributed by atoms with Gasteiger partial charge in [0.25, 0.3) is 11.8 Å². The van der Waals surface area contributed by atoms with Crippen LogP contribution >= 0.6 is 27.7 Å². The summed E-state index contributed by atoms with van der Waals surface area (Å²) in [6.07, 6.45) is -3.00. The molecule has 0 spiro atoms. The first kappa shape index (κ1) is 34.2. The number of thioether (sulfide) groups is 1. The van der Waals surface area contributed by atoms with Crippen LogP contribution in [0.4, 0.5) is 24.5 Å². The van der Waals surface area contributed by atoms with E-state index in [1.165, 1.54) is 23.9 Å². The highest BCUT2D eigenvalue weighted by molar-refractivity contribution is 9.10. The summed E-state index contributed by atoms with van der Waals surface area (Å²) in [5.41, 5.74) is 1.22. The number of alkyl halides is 3. The van der Waals surface area contributed by atoms with Crippen LogP contribution in [0.2, 0.25) is 0 Å². The molecular weight excluding hydrogens is 703 g/mol. The minimum atomic E-state index is -4.56. The van der Waals surface area contributed by atoms with E-state index in [-0.39, 0.29) is 11.4 Å². The zero-order valence-corrected chi connectivity index (χ0v) is 27.4. The number of carbonyl (C=O) groups is 3. The molecular formula is C37H27BrF3N3O3S. The van der Waals surface area contributed by atoms with E-state index in [4.69, 9.17) is 0 Å². The number of hydrogen-bond donors (Lipinski definition) is 3. The fraction of sp³-hybridized carbons (Fsp3) is 0.0541. The maximum absolute atomic E-state index is 13.6. The zero-order chi connectivity index (χ0) is 34.1. The number of hydrogen-bond acceptors (Lipinski definition) is 4. The number of amides is 3. The molecule has 0 fully saturated rings. The summed E-state index contributed by atoms with van der Waals surface area (Å²) in [6.45, 7) is 0. The summed E-state index contributed by atoms with van der Waals surface area (Å²) in [5.74, 6) is -1.56. The van der Waals surface area contributed by atoms with Crippen molar-refractivity contribution in [3.05, 3.63) is 166 Å². The first-order valence-electron chi connectivity index (χ1n) is 14.5. The Hall–Kier alpha value is -5.13. The van der Waals surface area contributed by atoms with Crippen molar-refractivity contribution in [3.63, 3.8) is 0 Å². The lowest BCUT2D eigenvalue weighted by molar-refractivity contribution is -0.137. The van der Waals surface area contributed by atoms with Crippen LogP contribution < -0.4 is 16.0 Å². The third-order valence-electron chi connectivity index (χ3n) is 6.85. The van der Waals surface area contributed by atoms with Crippen LogP contribution in [0.3, 0.4) is 0 Å².